The molecule has 3 aromatic rings. The smallest absolute Gasteiger partial charge is 0.251 e. The van der Waals surface area contributed by atoms with Gasteiger partial charge in [-0.3, -0.25) is 14.5 Å². The van der Waals surface area contributed by atoms with Crippen LogP contribution in [0.15, 0.2) is 66.7 Å². The number of nitrogens with zero attached hydrogens (tertiary/aromatic N) is 1. The predicted molar refractivity (Wildman–Crippen MR) is 157 cm³/mol. The van der Waals surface area contributed by atoms with Crippen LogP contribution in [-0.4, -0.2) is 49.5 Å². The zero-order chi connectivity index (χ0) is 27.6. The van der Waals surface area contributed by atoms with Crippen LogP contribution in [0.1, 0.15) is 82.1 Å². The normalized spacial score (nSPS) is 14.9. The first-order valence-corrected chi connectivity index (χ1v) is 14.2. The van der Waals surface area contributed by atoms with Crippen LogP contribution < -0.4 is 15.4 Å². The summed E-state index contributed by atoms with van der Waals surface area (Å²) in [6.07, 6.45) is 3.38. The van der Waals surface area contributed by atoms with Crippen LogP contribution in [0.4, 0.5) is 0 Å². The molecule has 6 nitrogen and oxygen atoms in total. The molecule has 1 aliphatic rings. The number of benzene rings is 3. The molecular formula is C33H41N3O3. The maximum absolute atomic E-state index is 13.4. The van der Waals surface area contributed by atoms with E-state index in [1.54, 1.807) is 0 Å². The molecule has 0 fully saturated rings. The Bertz CT molecular complexity index is 1250. The van der Waals surface area contributed by atoms with Crippen LogP contribution in [0.3, 0.4) is 0 Å². The number of rotatable bonds is 7. The summed E-state index contributed by atoms with van der Waals surface area (Å²) in [7, 11) is 0. The van der Waals surface area contributed by atoms with Crippen molar-refractivity contribution >= 4 is 11.8 Å². The van der Waals surface area contributed by atoms with Crippen LogP contribution in [0.2, 0.25) is 0 Å². The molecule has 1 aliphatic heterocycles. The van der Waals surface area contributed by atoms with Crippen molar-refractivity contribution in [3.63, 3.8) is 0 Å². The van der Waals surface area contributed by atoms with E-state index in [9.17, 15) is 9.59 Å². The number of aryl methyl sites for hydroxylation is 1. The van der Waals surface area contributed by atoms with E-state index in [0.29, 0.717) is 37.2 Å². The molecular weight excluding hydrogens is 486 g/mol. The third kappa shape index (κ3) is 7.70. The lowest BCUT2D eigenvalue weighted by Crippen LogP contribution is -2.38. The number of carbonyl (C=O) groups excluding carboxylic acids is 2. The van der Waals surface area contributed by atoms with Gasteiger partial charge in [0.1, 0.15) is 5.75 Å². The summed E-state index contributed by atoms with van der Waals surface area (Å²) in [5, 5.41) is 6.20. The van der Waals surface area contributed by atoms with Crippen molar-refractivity contribution in [3.05, 3.63) is 100 Å². The first kappa shape index (κ1) is 28.4. The molecule has 2 amide bonds. The zero-order valence-corrected chi connectivity index (χ0v) is 23.5. The molecule has 206 valence electrons. The standard InChI is InChI=1S/C33H41N3O3/c1-4-36(5-2)30(26-14-12-24(3)13-15-26)23-35-33(38)28-16-17-31-29(22-28)21-25-10-9-11-27(20-25)32(37)34-18-7-6-8-19-39-31/h9-17,20,22,30H,4-8,18-19,21,23H2,1-3H3,(H,34,37)(H,35,38). The molecule has 4 rings (SSSR count). The zero-order valence-electron chi connectivity index (χ0n) is 23.5. The van der Waals surface area contributed by atoms with Gasteiger partial charge in [0.05, 0.1) is 12.6 Å². The van der Waals surface area contributed by atoms with Crippen molar-refractivity contribution in [2.45, 2.75) is 52.5 Å². The number of hydrogen-bond acceptors (Lipinski definition) is 4. The maximum Gasteiger partial charge on any atom is 0.251 e. The fraction of sp³-hybridized carbons (Fsp3) is 0.394. The van der Waals surface area contributed by atoms with E-state index in [-0.39, 0.29) is 17.9 Å². The minimum atomic E-state index is -0.102. The lowest BCUT2D eigenvalue weighted by molar-refractivity contribution is 0.0932. The molecule has 0 aliphatic carbocycles. The van der Waals surface area contributed by atoms with Gasteiger partial charge in [-0.1, -0.05) is 55.8 Å². The second-order valence-electron chi connectivity index (χ2n) is 10.2. The van der Waals surface area contributed by atoms with Gasteiger partial charge in [0.15, 0.2) is 0 Å². The topological polar surface area (TPSA) is 70.7 Å². The van der Waals surface area contributed by atoms with Gasteiger partial charge in [-0.25, -0.2) is 0 Å². The molecule has 0 saturated heterocycles. The summed E-state index contributed by atoms with van der Waals surface area (Å²) in [6, 6.07) is 22.0. The van der Waals surface area contributed by atoms with E-state index in [2.05, 4.69) is 60.6 Å². The molecule has 2 bridgehead atoms. The average Bonchev–Trinajstić information content (AvgIpc) is 2.95. The Morgan fingerprint density at radius 3 is 2.56 bits per heavy atom. The molecule has 1 heterocycles. The third-order valence-electron chi connectivity index (χ3n) is 7.44. The largest absolute Gasteiger partial charge is 0.493 e. The number of hydrogen-bond donors (Lipinski definition) is 2. The van der Waals surface area contributed by atoms with E-state index >= 15 is 0 Å². The summed E-state index contributed by atoms with van der Waals surface area (Å²) in [6.45, 7) is 9.98. The molecule has 1 atom stereocenters. The second-order valence-corrected chi connectivity index (χ2v) is 10.2. The third-order valence-corrected chi connectivity index (χ3v) is 7.44. The first-order chi connectivity index (χ1) is 19.0. The van der Waals surface area contributed by atoms with Gasteiger partial charge in [0.2, 0.25) is 0 Å². The van der Waals surface area contributed by atoms with Crippen molar-refractivity contribution < 1.29 is 14.3 Å². The number of carbonyl (C=O) groups is 2. The van der Waals surface area contributed by atoms with Gasteiger partial charge in [-0.15, -0.1) is 0 Å². The van der Waals surface area contributed by atoms with E-state index in [1.165, 1.54) is 11.1 Å². The van der Waals surface area contributed by atoms with Crippen LogP contribution in [0, 0.1) is 6.92 Å². The summed E-state index contributed by atoms with van der Waals surface area (Å²) in [5.74, 6) is 0.642. The summed E-state index contributed by atoms with van der Waals surface area (Å²) < 4.78 is 6.16. The van der Waals surface area contributed by atoms with Crippen molar-refractivity contribution in [2.24, 2.45) is 0 Å². The van der Waals surface area contributed by atoms with Crippen LogP contribution in [0.25, 0.3) is 0 Å². The van der Waals surface area contributed by atoms with Crippen LogP contribution >= 0.6 is 0 Å². The van der Waals surface area contributed by atoms with Gasteiger partial charge in [0.25, 0.3) is 11.8 Å². The molecule has 0 spiro atoms. The van der Waals surface area contributed by atoms with Crippen LogP contribution in [0.5, 0.6) is 5.75 Å². The molecule has 2 N–H and O–H groups in total. The number of ether oxygens (including phenoxy) is 1. The Labute approximate surface area is 232 Å². The van der Waals surface area contributed by atoms with Crippen molar-refractivity contribution in [1.82, 2.24) is 15.5 Å². The number of nitrogens with one attached hydrogen (secondary N) is 2. The lowest BCUT2D eigenvalue weighted by atomic mass is 9.99. The minimum Gasteiger partial charge on any atom is -0.493 e. The van der Waals surface area contributed by atoms with Gasteiger partial charge < -0.3 is 15.4 Å². The fourth-order valence-electron chi connectivity index (χ4n) is 5.13. The monoisotopic (exact) mass is 527 g/mol. The SMILES string of the molecule is CCN(CC)C(CNC(=O)c1ccc2c(c1)Cc1cccc(c1)C(=O)NCCCCCO2)c1ccc(C)cc1. The van der Waals surface area contributed by atoms with Crippen molar-refractivity contribution in [1.29, 1.82) is 0 Å². The van der Waals surface area contributed by atoms with Crippen molar-refractivity contribution in [2.75, 3.05) is 32.8 Å². The highest BCUT2D eigenvalue weighted by atomic mass is 16.5. The molecule has 1 unspecified atom stereocenters. The average molecular weight is 528 g/mol. The quantitative estimate of drug-likeness (QED) is 0.414. The van der Waals surface area contributed by atoms with E-state index in [4.69, 9.17) is 4.74 Å². The highest BCUT2D eigenvalue weighted by Gasteiger charge is 2.20. The minimum absolute atomic E-state index is 0.0464. The van der Waals surface area contributed by atoms with E-state index < -0.39 is 0 Å². The second kappa shape index (κ2) is 13.9. The molecule has 39 heavy (non-hydrogen) atoms. The highest BCUT2D eigenvalue weighted by Crippen LogP contribution is 2.25. The van der Waals surface area contributed by atoms with Gasteiger partial charge in [0, 0.05) is 30.6 Å². The van der Waals surface area contributed by atoms with Gasteiger partial charge in [-0.05, 0) is 86.3 Å². The number of fused-ring (bicyclic) bond motifs is 3. The molecule has 0 saturated carbocycles. The summed E-state index contributed by atoms with van der Waals surface area (Å²) in [5.41, 5.74) is 5.62. The Hall–Kier alpha value is -3.64. The first-order valence-electron chi connectivity index (χ1n) is 14.2. The molecule has 6 heteroatoms. The number of likely N-dealkylation sites (N-methyl/N-ethyl adjacent to an activating group) is 1. The Balaban J connectivity index is 1.55. The summed E-state index contributed by atoms with van der Waals surface area (Å²) in [4.78, 5) is 28.3. The van der Waals surface area contributed by atoms with E-state index in [0.717, 1.165) is 49.2 Å². The Morgan fingerprint density at radius 2 is 1.79 bits per heavy atom. The maximum atomic E-state index is 13.4. The van der Waals surface area contributed by atoms with Gasteiger partial charge >= 0.3 is 0 Å². The van der Waals surface area contributed by atoms with Crippen LogP contribution in [-0.2, 0) is 6.42 Å². The van der Waals surface area contributed by atoms with Crippen molar-refractivity contribution in [3.8, 4) is 5.75 Å². The lowest BCUT2D eigenvalue weighted by Gasteiger charge is -2.30. The van der Waals surface area contributed by atoms with Gasteiger partial charge in [-0.2, -0.15) is 0 Å². The highest BCUT2D eigenvalue weighted by molar-refractivity contribution is 5.95. The predicted octanol–water partition coefficient (Wildman–Crippen LogP) is 5.69. The summed E-state index contributed by atoms with van der Waals surface area (Å²) >= 11 is 0. The van der Waals surface area contributed by atoms with E-state index in [1.807, 2.05) is 42.5 Å². The fourth-order valence-corrected chi connectivity index (χ4v) is 5.13. The Morgan fingerprint density at radius 1 is 1.00 bits per heavy atom. The Kier molecular flexibility index (Phi) is 10.1. The molecule has 0 aromatic heterocycles. The number of amides is 2. The molecule has 0 radical (unpaired) electrons. The molecule has 3 aromatic carbocycles.